The highest BCUT2D eigenvalue weighted by molar-refractivity contribution is 6.31. The van der Waals surface area contributed by atoms with E-state index in [-0.39, 0.29) is 0 Å². The lowest BCUT2D eigenvalue weighted by Gasteiger charge is -2.05. The second kappa shape index (κ2) is 5.01. The first-order valence-electron chi connectivity index (χ1n) is 4.92. The van der Waals surface area contributed by atoms with Crippen LogP contribution in [-0.2, 0) is 13.1 Å². The molecule has 2 nitrogen and oxygen atoms in total. The van der Waals surface area contributed by atoms with Gasteiger partial charge in [-0.15, -0.1) is 0 Å². The van der Waals surface area contributed by atoms with Crippen molar-refractivity contribution in [3.63, 3.8) is 0 Å². The summed E-state index contributed by atoms with van der Waals surface area (Å²) in [5.41, 5.74) is 2.39. The molecule has 2 rings (SSSR count). The van der Waals surface area contributed by atoms with Crippen molar-refractivity contribution in [2.45, 2.75) is 13.1 Å². The third-order valence-corrected chi connectivity index (χ3v) is 2.63. The van der Waals surface area contributed by atoms with E-state index in [1.54, 1.807) is 0 Å². The maximum absolute atomic E-state index is 6.04. The molecular weight excluding hydrogens is 208 g/mol. The molecule has 0 aliphatic carbocycles. The molecule has 1 aromatic heterocycles. The summed E-state index contributed by atoms with van der Waals surface area (Å²) in [5, 5.41) is 4.16. The second-order valence-electron chi connectivity index (χ2n) is 3.41. The largest absolute Gasteiger partial charge is 0.367 e. The topological polar surface area (TPSA) is 27.8 Å². The van der Waals surface area contributed by atoms with Gasteiger partial charge in [0.05, 0.1) is 0 Å². The summed E-state index contributed by atoms with van der Waals surface area (Å²) in [6.45, 7) is 1.65. The minimum absolute atomic E-state index is 0.796. The van der Waals surface area contributed by atoms with Gasteiger partial charge >= 0.3 is 0 Å². The fraction of sp³-hybridized carbons (Fsp3) is 0.167. The van der Waals surface area contributed by atoms with E-state index in [4.69, 9.17) is 11.6 Å². The molecule has 15 heavy (non-hydrogen) atoms. The van der Waals surface area contributed by atoms with Gasteiger partial charge in [-0.05, 0) is 23.3 Å². The van der Waals surface area contributed by atoms with Crippen LogP contribution in [0, 0.1) is 0 Å². The lowest BCUT2D eigenvalue weighted by molar-refractivity contribution is 0.694. The standard InChI is InChI=1S/C12H13ClN2/c13-12-4-2-1-3-11(12)9-15-8-10-5-6-14-7-10/h1-7,14-15H,8-9H2. The average Bonchev–Trinajstić information content (AvgIpc) is 2.74. The first kappa shape index (κ1) is 10.3. The zero-order chi connectivity index (χ0) is 10.5. The van der Waals surface area contributed by atoms with Crippen LogP contribution in [0.1, 0.15) is 11.1 Å². The van der Waals surface area contributed by atoms with Crippen molar-refractivity contribution in [3.05, 3.63) is 58.9 Å². The molecule has 0 unspecified atom stereocenters. The van der Waals surface area contributed by atoms with E-state index in [1.165, 1.54) is 5.56 Å². The van der Waals surface area contributed by atoms with Crippen molar-refractivity contribution in [2.24, 2.45) is 0 Å². The van der Waals surface area contributed by atoms with Crippen LogP contribution < -0.4 is 5.32 Å². The molecule has 0 spiro atoms. The smallest absolute Gasteiger partial charge is 0.0450 e. The van der Waals surface area contributed by atoms with Crippen molar-refractivity contribution >= 4 is 11.6 Å². The highest BCUT2D eigenvalue weighted by Crippen LogP contribution is 2.14. The normalized spacial score (nSPS) is 10.5. The Morgan fingerprint density at radius 2 is 2.00 bits per heavy atom. The van der Waals surface area contributed by atoms with Crippen LogP contribution in [0.5, 0.6) is 0 Å². The van der Waals surface area contributed by atoms with E-state index in [0.717, 1.165) is 23.7 Å². The van der Waals surface area contributed by atoms with Gasteiger partial charge in [0.2, 0.25) is 0 Å². The molecule has 0 saturated heterocycles. The summed E-state index contributed by atoms with van der Waals surface area (Å²) < 4.78 is 0. The van der Waals surface area contributed by atoms with E-state index in [9.17, 15) is 0 Å². The SMILES string of the molecule is Clc1ccccc1CNCc1cc[nH]c1. The lowest BCUT2D eigenvalue weighted by Crippen LogP contribution is -2.12. The third-order valence-electron chi connectivity index (χ3n) is 2.26. The van der Waals surface area contributed by atoms with Crippen molar-refractivity contribution in [1.29, 1.82) is 0 Å². The quantitative estimate of drug-likeness (QED) is 0.815. The van der Waals surface area contributed by atoms with E-state index in [1.807, 2.05) is 36.7 Å². The Morgan fingerprint density at radius 1 is 1.13 bits per heavy atom. The highest BCUT2D eigenvalue weighted by Gasteiger charge is 1.98. The minimum Gasteiger partial charge on any atom is -0.367 e. The molecule has 0 radical (unpaired) electrons. The summed E-state index contributed by atoms with van der Waals surface area (Å²) in [7, 11) is 0. The molecule has 0 saturated carbocycles. The highest BCUT2D eigenvalue weighted by atomic mass is 35.5. The zero-order valence-electron chi connectivity index (χ0n) is 8.33. The van der Waals surface area contributed by atoms with E-state index in [0.29, 0.717) is 0 Å². The Morgan fingerprint density at radius 3 is 2.73 bits per heavy atom. The molecular formula is C12H13ClN2. The van der Waals surface area contributed by atoms with E-state index < -0.39 is 0 Å². The Balaban J connectivity index is 1.86. The van der Waals surface area contributed by atoms with Gasteiger partial charge < -0.3 is 10.3 Å². The molecule has 0 fully saturated rings. The van der Waals surface area contributed by atoms with Gasteiger partial charge in [0.25, 0.3) is 0 Å². The average molecular weight is 221 g/mol. The van der Waals surface area contributed by atoms with Crippen molar-refractivity contribution in [1.82, 2.24) is 10.3 Å². The Hall–Kier alpha value is -1.25. The van der Waals surface area contributed by atoms with Gasteiger partial charge in [0, 0.05) is 30.5 Å². The van der Waals surface area contributed by atoms with E-state index >= 15 is 0 Å². The molecule has 0 atom stereocenters. The molecule has 0 bridgehead atoms. The van der Waals surface area contributed by atoms with Crippen LogP contribution in [0.25, 0.3) is 0 Å². The summed E-state index contributed by atoms with van der Waals surface area (Å²) in [5.74, 6) is 0. The molecule has 1 heterocycles. The Kier molecular flexibility index (Phi) is 3.43. The number of halogens is 1. The number of nitrogens with one attached hydrogen (secondary N) is 2. The number of rotatable bonds is 4. The van der Waals surface area contributed by atoms with Crippen molar-refractivity contribution in [2.75, 3.05) is 0 Å². The number of hydrogen-bond donors (Lipinski definition) is 2. The lowest BCUT2D eigenvalue weighted by atomic mass is 10.2. The summed E-state index contributed by atoms with van der Waals surface area (Å²) in [6, 6.07) is 9.94. The fourth-order valence-corrected chi connectivity index (χ4v) is 1.65. The van der Waals surface area contributed by atoms with Crippen LogP contribution in [-0.4, -0.2) is 4.98 Å². The van der Waals surface area contributed by atoms with Crippen molar-refractivity contribution in [3.8, 4) is 0 Å². The summed E-state index contributed by atoms with van der Waals surface area (Å²) >= 11 is 6.04. The number of H-pyrrole nitrogens is 1. The molecule has 2 aromatic rings. The van der Waals surface area contributed by atoms with Crippen LogP contribution in [0.3, 0.4) is 0 Å². The number of aromatic amines is 1. The van der Waals surface area contributed by atoms with Crippen LogP contribution >= 0.6 is 11.6 Å². The predicted molar refractivity (Wildman–Crippen MR) is 62.8 cm³/mol. The van der Waals surface area contributed by atoms with Gasteiger partial charge in [-0.2, -0.15) is 0 Å². The predicted octanol–water partition coefficient (Wildman–Crippen LogP) is 2.96. The molecule has 78 valence electrons. The minimum atomic E-state index is 0.796. The van der Waals surface area contributed by atoms with Crippen LogP contribution in [0.4, 0.5) is 0 Å². The number of aromatic nitrogens is 1. The maximum Gasteiger partial charge on any atom is 0.0450 e. The number of hydrogen-bond acceptors (Lipinski definition) is 1. The maximum atomic E-state index is 6.04. The molecule has 0 aliphatic rings. The molecule has 1 aromatic carbocycles. The third kappa shape index (κ3) is 2.85. The van der Waals surface area contributed by atoms with Gasteiger partial charge in [-0.3, -0.25) is 0 Å². The molecule has 0 aliphatic heterocycles. The first-order chi connectivity index (χ1) is 7.36. The summed E-state index contributed by atoms with van der Waals surface area (Å²) in [6.07, 6.45) is 3.91. The van der Waals surface area contributed by atoms with E-state index in [2.05, 4.69) is 16.4 Å². The molecule has 3 heteroatoms. The second-order valence-corrected chi connectivity index (χ2v) is 3.82. The monoisotopic (exact) mass is 220 g/mol. The first-order valence-corrected chi connectivity index (χ1v) is 5.30. The zero-order valence-corrected chi connectivity index (χ0v) is 9.09. The number of benzene rings is 1. The van der Waals surface area contributed by atoms with Gasteiger partial charge in [0.1, 0.15) is 0 Å². The molecule has 0 amide bonds. The summed E-state index contributed by atoms with van der Waals surface area (Å²) in [4.78, 5) is 3.02. The van der Waals surface area contributed by atoms with Gasteiger partial charge in [-0.1, -0.05) is 29.8 Å². The van der Waals surface area contributed by atoms with Gasteiger partial charge in [0.15, 0.2) is 0 Å². The fourth-order valence-electron chi connectivity index (χ4n) is 1.45. The molecule has 2 N–H and O–H groups in total. The van der Waals surface area contributed by atoms with Crippen LogP contribution in [0.15, 0.2) is 42.7 Å². The Labute approximate surface area is 94.3 Å². The van der Waals surface area contributed by atoms with Crippen LogP contribution in [0.2, 0.25) is 5.02 Å². The van der Waals surface area contributed by atoms with Gasteiger partial charge in [-0.25, -0.2) is 0 Å². The Bertz CT molecular complexity index is 409. The van der Waals surface area contributed by atoms with Crippen molar-refractivity contribution < 1.29 is 0 Å².